The average molecular weight is 170 g/mol. The zero-order chi connectivity index (χ0) is 8.27. The van der Waals surface area contributed by atoms with Gasteiger partial charge >= 0.3 is 0 Å². The third kappa shape index (κ3) is 1.68. The summed E-state index contributed by atoms with van der Waals surface area (Å²) in [6.07, 6.45) is 3.14. The van der Waals surface area contributed by atoms with Crippen LogP contribution in [0.4, 0.5) is 0 Å². The van der Waals surface area contributed by atoms with E-state index in [0.717, 1.165) is 11.3 Å². The number of pyridine rings is 1. The zero-order valence-corrected chi connectivity index (χ0v) is 6.84. The Kier molecular flexibility index (Phi) is 2.44. The molecule has 0 bridgehead atoms. The second kappa shape index (κ2) is 3.34. The normalized spacial score (nSPS) is 10.7. The Hall–Kier alpha value is -1.09. The van der Waals surface area contributed by atoms with E-state index >= 15 is 0 Å². The second-order valence-electron chi connectivity index (χ2n) is 2.07. The predicted octanol–water partition coefficient (Wildman–Crippen LogP) is 1.34. The molecule has 0 aliphatic heterocycles. The molecular formula is C7H8ClN3. The summed E-state index contributed by atoms with van der Waals surface area (Å²) in [6, 6.07) is 1.70. The fraction of sp³-hybridized carbons (Fsp3) is 0.143. The van der Waals surface area contributed by atoms with Crippen molar-refractivity contribution in [1.29, 1.82) is 0 Å². The highest BCUT2D eigenvalue weighted by molar-refractivity contribution is 6.33. The van der Waals surface area contributed by atoms with Crippen molar-refractivity contribution in [3.05, 3.63) is 28.5 Å². The number of hydrogen-bond acceptors (Lipinski definition) is 3. The summed E-state index contributed by atoms with van der Waals surface area (Å²) in [5, 5.41) is 4.00. The third-order valence-electron chi connectivity index (χ3n) is 1.34. The van der Waals surface area contributed by atoms with Crippen LogP contribution < -0.4 is 5.84 Å². The quantitative estimate of drug-likeness (QED) is 0.392. The average Bonchev–Trinajstić information content (AvgIpc) is 1.97. The van der Waals surface area contributed by atoms with Crippen LogP contribution in [0.5, 0.6) is 0 Å². The lowest BCUT2D eigenvalue weighted by Crippen LogP contribution is -1.93. The topological polar surface area (TPSA) is 51.3 Å². The summed E-state index contributed by atoms with van der Waals surface area (Å²) >= 11 is 5.82. The number of aryl methyl sites for hydroxylation is 1. The lowest BCUT2D eigenvalue weighted by Gasteiger charge is -1.98. The first-order valence-electron chi connectivity index (χ1n) is 3.10. The minimum absolute atomic E-state index is 0.617. The van der Waals surface area contributed by atoms with E-state index in [9.17, 15) is 0 Å². The van der Waals surface area contributed by atoms with Crippen molar-refractivity contribution in [3.63, 3.8) is 0 Å². The summed E-state index contributed by atoms with van der Waals surface area (Å²) in [4.78, 5) is 4.03. The zero-order valence-electron chi connectivity index (χ0n) is 6.08. The molecule has 0 saturated heterocycles. The minimum atomic E-state index is 0.617. The number of rotatable bonds is 1. The van der Waals surface area contributed by atoms with Crippen molar-refractivity contribution < 1.29 is 0 Å². The molecule has 0 aromatic carbocycles. The molecule has 0 amide bonds. The van der Waals surface area contributed by atoms with Gasteiger partial charge in [-0.3, -0.25) is 4.98 Å². The molecule has 3 nitrogen and oxygen atoms in total. The molecule has 0 saturated carbocycles. The van der Waals surface area contributed by atoms with Crippen molar-refractivity contribution in [2.24, 2.45) is 10.9 Å². The summed E-state index contributed by atoms with van der Waals surface area (Å²) in [6.45, 7) is 1.85. The van der Waals surface area contributed by atoms with Crippen molar-refractivity contribution in [2.75, 3.05) is 0 Å². The fourth-order valence-electron chi connectivity index (χ4n) is 0.776. The van der Waals surface area contributed by atoms with Gasteiger partial charge in [0.25, 0.3) is 0 Å². The Morgan fingerprint density at radius 2 is 2.45 bits per heavy atom. The van der Waals surface area contributed by atoms with Gasteiger partial charge in [-0.2, -0.15) is 5.10 Å². The largest absolute Gasteiger partial charge is 0.323 e. The maximum atomic E-state index is 5.82. The molecule has 1 rings (SSSR count). The summed E-state index contributed by atoms with van der Waals surface area (Å²) in [7, 11) is 0. The van der Waals surface area contributed by atoms with Crippen LogP contribution in [0.3, 0.4) is 0 Å². The van der Waals surface area contributed by atoms with Gasteiger partial charge in [-0.25, -0.2) is 0 Å². The number of hydrazone groups is 1. The highest BCUT2D eigenvalue weighted by Gasteiger charge is 2.00. The molecule has 0 unspecified atom stereocenters. The molecule has 1 aromatic rings. The van der Waals surface area contributed by atoms with Crippen LogP contribution in [0, 0.1) is 6.92 Å². The Balaban J connectivity index is 3.20. The van der Waals surface area contributed by atoms with E-state index in [-0.39, 0.29) is 0 Å². The standard InChI is InChI=1S/C7H8ClN3/c1-5-6(4-11-9)7(8)2-3-10-5/h2-4H,9H2,1H3/b11-4-. The van der Waals surface area contributed by atoms with Crippen molar-refractivity contribution >= 4 is 17.8 Å². The molecule has 0 spiro atoms. The smallest absolute Gasteiger partial charge is 0.0571 e. The van der Waals surface area contributed by atoms with Gasteiger partial charge in [-0.05, 0) is 13.0 Å². The van der Waals surface area contributed by atoms with Crippen molar-refractivity contribution in [2.45, 2.75) is 6.92 Å². The van der Waals surface area contributed by atoms with Crippen LogP contribution >= 0.6 is 11.6 Å². The van der Waals surface area contributed by atoms with Crippen LogP contribution in [0.1, 0.15) is 11.3 Å². The number of aromatic nitrogens is 1. The summed E-state index contributed by atoms with van der Waals surface area (Å²) in [5.74, 6) is 4.98. The van der Waals surface area contributed by atoms with Crippen molar-refractivity contribution in [1.82, 2.24) is 4.98 Å². The second-order valence-corrected chi connectivity index (χ2v) is 2.48. The first-order chi connectivity index (χ1) is 5.25. The lowest BCUT2D eigenvalue weighted by atomic mass is 10.2. The molecule has 58 valence electrons. The molecule has 1 heterocycles. The maximum Gasteiger partial charge on any atom is 0.0571 e. The summed E-state index contributed by atoms with van der Waals surface area (Å²) < 4.78 is 0. The van der Waals surface area contributed by atoms with Crippen LogP contribution in [0.15, 0.2) is 17.4 Å². The Morgan fingerprint density at radius 1 is 1.73 bits per heavy atom. The first-order valence-corrected chi connectivity index (χ1v) is 3.48. The van der Waals surface area contributed by atoms with Gasteiger partial charge in [-0.15, -0.1) is 0 Å². The molecule has 0 aliphatic carbocycles. The van der Waals surface area contributed by atoms with Gasteiger partial charge < -0.3 is 5.84 Å². The van der Waals surface area contributed by atoms with Gasteiger partial charge in [0.2, 0.25) is 0 Å². The number of nitrogens with two attached hydrogens (primary N) is 1. The van der Waals surface area contributed by atoms with E-state index in [1.54, 1.807) is 12.3 Å². The molecule has 0 aliphatic rings. The van der Waals surface area contributed by atoms with E-state index in [2.05, 4.69) is 10.1 Å². The molecule has 1 aromatic heterocycles. The van der Waals surface area contributed by atoms with Gasteiger partial charge in [0.1, 0.15) is 0 Å². The SMILES string of the molecule is Cc1nccc(Cl)c1/C=N\N. The van der Waals surface area contributed by atoms with Crippen LogP contribution in [0.2, 0.25) is 5.02 Å². The van der Waals surface area contributed by atoms with E-state index in [0.29, 0.717) is 5.02 Å². The van der Waals surface area contributed by atoms with Crippen LogP contribution in [-0.4, -0.2) is 11.2 Å². The molecule has 11 heavy (non-hydrogen) atoms. The lowest BCUT2D eigenvalue weighted by molar-refractivity contribution is 1.18. The third-order valence-corrected chi connectivity index (χ3v) is 1.67. The van der Waals surface area contributed by atoms with E-state index in [4.69, 9.17) is 17.4 Å². The highest BCUT2D eigenvalue weighted by Crippen LogP contribution is 2.14. The molecule has 0 radical (unpaired) electrons. The molecule has 2 N–H and O–H groups in total. The number of hydrogen-bond donors (Lipinski definition) is 1. The van der Waals surface area contributed by atoms with E-state index in [1.165, 1.54) is 6.21 Å². The maximum absolute atomic E-state index is 5.82. The molecular weight excluding hydrogens is 162 g/mol. The fourth-order valence-corrected chi connectivity index (χ4v) is 1.02. The van der Waals surface area contributed by atoms with Crippen LogP contribution in [0.25, 0.3) is 0 Å². The van der Waals surface area contributed by atoms with E-state index < -0.39 is 0 Å². The Labute approximate surface area is 69.9 Å². The predicted molar refractivity (Wildman–Crippen MR) is 45.8 cm³/mol. The Morgan fingerprint density at radius 3 is 3.00 bits per heavy atom. The Bertz CT molecular complexity index is 263. The van der Waals surface area contributed by atoms with Crippen molar-refractivity contribution in [3.8, 4) is 0 Å². The monoisotopic (exact) mass is 169 g/mol. The van der Waals surface area contributed by atoms with Gasteiger partial charge in [0, 0.05) is 17.5 Å². The van der Waals surface area contributed by atoms with E-state index in [1.807, 2.05) is 6.92 Å². The number of halogens is 1. The first kappa shape index (κ1) is 8.01. The minimum Gasteiger partial charge on any atom is -0.323 e. The summed E-state index contributed by atoms with van der Waals surface area (Å²) in [5.41, 5.74) is 1.60. The van der Waals surface area contributed by atoms with Crippen LogP contribution in [-0.2, 0) is 0 Å². The highest BCUT2D eigenvalue weighted by atomic mass is 35.5. The molecule has 4 heteroatoms. The van der Waals surface area contributed by atoms with Gasteiger partial charge in [-0.1, -0.05) is 11.6 Å². The van der Waals surface area contributed by atoms with Gasteiger partial charge in [0.15, 0.2) is 0 Å². The molecule has 0 fully saturated rings. The molecule has 0 atom stereocenters. The van der Waals surface area contributed by atoms with Gasteiger partial charge in [0.05, 0.1) is 11.2 Å². The number of nitrogens with zero attached hydrogens (tertiary/aromatic N) is 2.